The molecule has 3 heteroatoms. The van der Waals surface area contributed by atoms with Crippen LogP contribution in [0, 0.1) is 30.6 Å². The third-order valence-electron chi connectivity index (χ3n) is 1.43. The molecule has 0 atom stereocenters. The molecule has 0 spiro atoms. The lowest BCUT2D eigenvalue weighted by Gasteiger charge is -1.88. The highest BCUT2D eigenvalue weighted by Crippen LogP contribution is 2.00. The van der Waals surface area contributed by atoms with E-state index in [1.165, 1.54) is 0 Å². The van der Waals surface area contributed by atoms with E-state index in [-0.39, 0.29) is 0 Å². The van der Waals surface area contributed by atoms with Crippen molar-refractivity contribution in [1.29, 1.82) is 5.26 Å². The van der Waals surface area contributed by atoms with Crippen molar-refractivity contribution < 1.29 is 4.79 Å². The van der Waals surface area contributed by atoms with E-state index in [0.717, 1.165) is 11.1 Å². The fourth-order valence-electron chi connectivity index (χ4n) is 0.815. The highest BCUT2D eigenvalue weighted by atomic mass is 16.1. The number of hydrogen-bond acceptors (Lipinski definition) is 2. The molecule has 0 heterocycles. The fourth-order valence-corrected chi connectivity index (χ4v) is 0.815. The molecular formula is C12H12N2O. The zero-order valence-electron chi connectivity index (χ0n) is 8.53. The molecule has 1 amide bonds. The van der Waals surface area contributed by atoms with E-state index in [1.54, 1.807) is 6.07 Å². The fraction of sp³-hybridized carbons (Fsp3) is 0.167. The molecule has 0 aliphatic rings. The molecule has 0 unspecified atom stereocenters. The van der Waals surface area contributed by atoms with Gasteiger partial charge in [-0.1, -0.05) is 18.1 Å². The number of aryl methyl sites for hydroxylation is 1. The molecule has 3 nitrogen and oxygen atoms in total. The molecule has 0 saturated carbocycles. The van der Waals surface area contributed by atoms with Gasteiger partial charge in [0.05, 0.1) is 18.2 Å². The number of benzene rings is 1. The second-order valence-corrected chi connectivity index (χ2v) is 2.68. The summed E-state index contributed by atoms with van der Waals surface area (Å²) in [6.07, 6.45) is 5.31. The number of nitriles is 1. The molecule has 0 saturated heterocycles. The molecule has 0 bridgehead atoms. The Morgan fingerprint density at radius 1 is 1.60 bits per heavy atom. The van der Waals surface area contributed by atoms with Crippen LogP contribution in [-0.4, -0.2) is 13.0 Å². The van der Waals surface area contributed by atoms with Gasteiger partial charge in [0, 0.05) is 0 Å². The number of amides is 1. The van der Waals surface area contributed by atoms with Gasteiger partial charge in [-0.15, -0.1) is 6.42 Å². The number of nitrogens with zero attached hydrogens (tertiary/aromatic N) is 1. The van der Waals surface area contributed by atoms with Crippen LogP contribution in [0.3, 0.4) is 0 Å². The maximum absolute atomic E-state index is 9.36. The zero-order chi connectivity index (χ0) is 11.5. The topological polar surface area (TPSA) is 52.9 Å². The smallest absolute Gasteiger partial charge is 0.207 e. The van der Waals surface area contributed by atoms with Crippen LogP contribution < -0.4 is 5.32 Å². The van der Waals surface area contributed by atoms with Crippen LogP contribution in [0.5, 0.6) is 0 Å². The number of rotatable bonds is 2. The summed E-state index contributed by atoms with van der Waals surface area (Å²) in [5.41, 5.74) is 1.86. The Morgan fingerprint density at radius 2 is 2.33 bits per heavy atom. The third-order valence-corrected chi connectivity index (χ3v) is 1.43. The summed E-state index contributed by atoms with van der Waals surface area (Å²) < 4.78 is 0. The first-order valence-corrected chi connectivity index (χ1v) is 4.32. The normalized spacial score (nSPS) is 7.40. The predicted octanol–water partition coefficient (Wildman–Crippen LogP) is 1.23. The van der Waals surface area contributed by atoms with E-state index in [2.05, 4.69) is 17.3 Å². The highest BCUT2D eigenvalue weighted by molar-refractivity contribution is 5.46. The minimum Gasteiger partial charge on any atom is -0.348 e. The second-order valence-electron chi connectivity index (χ2n) is 2.68. The number of nitrogens with one attached hydrogen (secondary N) is 1. The largest absolute Gasteiger partial charge is 0.348 e. The van der Waals surface area contributed by atoms with Gasteiger partial charge in [-0.05, 0) is 24.6 Å². The van der Waals surface area contributed by atoms with Gasteiger partial charge in [0.25, 0.3) is 0 Å². The van der Waals surface area contributed by atoms with Crippen molar-refractivity contribution in [3.05, 3.63) is 35.4 Å². The maximum atomic E-state index is 9.36. The van der Waals surface area contributed by atoms with Gasteiger partial charge < -0.3 is 5.32 Å². The van der Waals surface area contributed by atoms with E-state index in [0.29, 0.717) is 13.0 Å². The Hall–Kier alpha value is -2.26. The summed E-state index contributed by atoms with van der Waals surface area (Å²) in [6.45, 7) is 2.30. The molecule has 1 aromatic carbocycles. The summed E-state index contributed by atoms with van der Waals surface area (Å²) in [6, 6.07) is 9.58. The molecule has 1 rings (SSSR count). The van der Waals surface area contributed by atoms with Crippen molar-refractivity contribution in [2.24, 2.45) is 0 Å². The van der Waals surface area contributed by atoms with Crippen molar-refractivity contribution >= 4 is 6.41 Å². The van der Waals surface area contributed by atoms with Gasteiger partial charge >= 0.3 is 0 Å². The van der Waals surface area contributed by atoms with Gasteiger partial charge in [0.15, 0.2) is 0 Å². The first kappa shape index (κ1) is 12.7. The van der Waals surface area contributed by atoms with E-state index in [4.69, 9.17) is 11.7 Å². The lowest BCUT2D eigenvalue weighted by Crippen LogP contribution is -2.09. The van der Waals surface area contributed by atoms with Crippen LogP contribution in [0.15, 0.2) is 24.3 Å². The Kier molecular flexibility index (Phi) is 7.09. The van der Waals surface area contributed by atoms with Crippen molar-refractivity contribution in [3.63, 3.8) is 0 Å². The molecule has 1 N–H and O–H groups in total. The number of hydrogen-bond donors (Lipinski definition) is 1. The molecule has 0 fully saturated rings. The summed E-state index contributed by atoms with van der Waals surface area (Å²) in [7, 11) is 0. The van der Waals surface area contributed by atoms with Crippen molar-refractivity contribution in [2.75, 3.05) is 6.54 Å². The number of carbonyl (C=O) groups excluding carboxylic acids is 1. The van der Waals surface area contributed by atoms with Crippen LogP contribution >= 0.6 is 0 Å². The molecule has 0 aromatic heterocycles. The Balaban J connectivity index is 0.000000288. The summed E-state index contributed by atoms with van der Waals surface area (Å²) in [5, 5.41) is 10.7. The third kappa shape index (κ3) is 6.86. The average Bonchev–Trinajstić information content (AvgIpc) is 2.27. The van der Waals surface area contributed by atoms with Crippen LogP contribution in [-0.2, 0) is 4.79 Å². The quantitative estimate of drug-likeness (QED) is 0.443. The van der Waals surface area contributed by atoms with Crippen LogP contribution in [0.1, 0.15) is 11.1 Å². The monoisotopic (exact) mass is 200 g/mol. The van der Waals surface area contributed by atoms with Gasteiger partial charge in [-0.2, -0.15) is 5.26 Å². The first-order chi connectivity index (χ1) is 7.24. The maximum Gasteiger partial charge on any atom is 0.207 e. The van der Waals surface area contributed by atoms with Crippen molar-refractivity contribution in [3.8, 4) is 18.4 Å². The SMILES string of the molecule is C#CCNC=O.Cc1cccc(C#N)c1. The van der Waals surface area contributed by atoms with E-state index in [1.807, 2.05) is 25.1 Å². The minimum absolute atomic E-state index is 0.323. The van der Waals surface area contributed by atoms with Gasteiger partial charge in [-0.3, -0.25) is 4.79 Å². The first-order valence-electron chi connectivity index (χ1n) is 4.32. The predicted molar refractivity (Wildman–Crippen MR) is 58.8 cm³/mol. The zero-order valence-corrected chi connectivity index (χ0v) is 8.53. The van der Waals surface area contributed by atoms with Crippen molar-refractivity contribution in [1.82, 2.24) is 5.32 Å². The Labute approximate surface area is 89.7 Å². The summed E-state index contributed by atoms with van der Waals surface area (Å²) >= 11 is 0. The minimum atomic E-state index is 0.323. The Morgan fingerprint density at radius 3 is 2.67 bits per heavy atom. The standard InChI is InChI=1S/C8H7N.C4H5NO/c1-7-3-2-4-8(5-7)6-9;1-2-3-5-4-6/h2-5H,1H3;1,4H,3H2,(H,5,6). The van der Waals surface area contributed by atoms with Crippen LogP contribution in [0.25, 0.3) is 0 Å². The van der Waals surface area contributed by atoms with E-state index >= 15 is 0 Å². The highest BCUT2D eigenvalue weighted by Gasteiger charge is 1.86. The molecule has 0 aliphatic carbocycles. The molecule has 15 heavy (non-hydrogen) atoms. The summed E-state index contributed by atoms with van der Waals surface area (Å²) in [5.74, 6) is 2.23. The number of terminal acetylenes is 1. The van der Waals surface area contributed by atoms with Crippen molar-refractivity contribution in [2.45, 2.75) is 6.92 Å². The second kappa shape index (κ2) is 8.34. The molecule has 0 aliphatic heterocycles. The van der Waals surface area contributed by atoms with Gasteiger partial charge in [0.2, 0.25) is 6.41 Å². The van der Waals surface area contributed by atoms with E-state index < -0.39 is 0 Å². The molecular weight excluding hydrogens is 188 g/mol. The van der Waals surface area contributed by atoms with E-state index in [9.17, 15) is 4.79 Å². The average molecular weight is 200 g/mol. The van der Waals surface area contributed by atoms with Crippen LogP contribution in [0.2, 0.25) is 0 Å². The molecule has 0 radical (unpaired) electrons. The molecule has 1 aromatic rings. The lowest BCUT2D eigenvalue weighted by atomic mass is 10.2. The van der Waals surface area contributed by atoms with Gasteiger partial charge in [0.1, 0.15) is 0 Å². The Bertz CT molecular complexity index is 385. The van der Waals surface area contributed by atoms with Crippen LogP contribution in [0.4, 0.5) is 0 Å². The molecule has 76 valence electrons. The van der Waals surface area contributed by atoms with Gasteiger partial charge in [-0.25, -0.2) is 0 Å². The number of carbonyl (C=O) groups is 1. The summed E-state index contributed by atoms with van der Waals surface area (Å²) in [4.78, 5) is 9.36. The lowest BCUT2D eigenvalue weighted by molar-refractivity contribution is -0.109.